The van der Waals surface area contributed by atoms with Crippen LogP contribution in [-0.4, -0.2) is 25.0 Å². The van der Waals surface area contributed by atoms with Gasteiger partial charge in [-0.1, -0.05) is 36.4 Å². The average molecular weight is 336 g/mol. The van der Waals surface area contributed by atoms with Crippen molar-refractivity contribution in [1.82, 2.24) is 5.32 Å². The molecular formula is C20H20N2O3. The molecule has 2 aromatic rings. The fraction of sp³-hybridized carbons (Fsp3) is 0.200. The van der Waals surface area contributed by atoms with E-state index in [4.69, 9.17) is 4.74 Å². The van der Waals surface area contributed by atoms with Crippen LogP contribution in [0.1, 0.15) is 15.9 Å². The number of nitrogens with one attached hydrogen (secondary N) is 2. The molecule has 128 valence electrons. The molecular weight excluding hydrogens is 316 g/mol. The SMILES string of the molecule is C=CCNC(=O)c1ccccc1NC(=O)C1COc2ccccc2C1. The van der Waals surface area contributed by atoms with Crippen molar-refractivity contribution in [2.24, 2.45) is 5.92 Å². The minimum atomic E-state index is -0.292. The first-order valence-electron chi connectivity index (χ1n) is 8.18. The maximum absolute atomic E-state index is 12.6. The highest BCUT2D eigenvalue weighted by Gasteiger charge is 2.26. The maximum atomic E-state index is 12.6. The summed E-state index contributed by atoms with van der Waals surface area (Å²) in [6, 6.07) is 14.7. The molecule has 0 spiro atoms. The third-order valence-electron chi connectivity index (χ3n) is 4.09. The van der Waals surface area contributed by atoms with E-state index in [9.17, 15) is 9.59 Å². The van der Waals surface area contributed by atoms with Gasteiger partial charge in [-0.25, -0.2) is 0 Å². The van der Waals surface area contributed by atoms with E-state index < -0.39 is 0 Å². The molecule has 0 aliphatic carbocycles. The number of carbonyl (C=O) groups excluding carboxylic acids is 2. The van der Waals surface area contributed by atoms with Crippen molar-refractivity contribution in [1.29, 1.82) is 0 Å². The molecule has 0 saturated carbocycles. The van der Waals surface area contributed by atoms with Crippen LogP contribution in [-0.2, 0) is 11.2 Å². The highest BCUT2D eigenvalue weighted by molar-refractivity contribution is 6.04. The first-order chi connectivity index (χ1) is 12.2. The van der Waals surface area contributed by atoms with Crippen LogP contribution in [0.15, 0.2) is 61.2 Å². The number of ether oxygens (including phenoxy) is 1. The van der Waals surface area contributed by atoms with Crippen molar-refractivity contribution in [3.05, 3.63) is 72.3 Å². The summed E-state index contributed by atoms with van der Waals surface area (Å²) in [5, 5.41) is 5.58. The Labute approximate surface area is 146 Å². The molecule has 0 radical (unpaired) electrons. The third kappa shape index (κ3) is 3.88. The predicted molar refractivity (Wildman–Crippen MR) is 96.7 cm³/mol. The number of fused-ring (bicyclic) bond motifs is 1. The van der Waals surface area contributed by atoms with E-state index in [-0.39, 0.29) is 17.7 Å². The van der Waals surface area contributed by atoms with Crippen LogP contribution in [0.3, 0.4) is 0 Å². The van der Waals surface area contributed by atoms with Gasteiger partial charge in [0, 0.05) is 6.54 Å². The number of carbonyl (C=O) groups is 2. The molecule has 2 N–H and O–H groups in total. The van der Waals surface area contributed by atoms with Crippen LogP contribution < -0.4 is 15.4 Å². The minimum absolute atomic E-state index is 0.154. The van der Waals surface area contributed by atoms with Gasteiger partial charge in [0.1, 0.15) is 12.4 Å². The zero-order valence-corrected chi connectivity index (χ0v) is 13.8. The number of para-hydroxylation sites is 2. The quantitative estimate of drug-likeness (QED) is 0.825. The van der Waals surface area contributed by atoms with Crippen LogP contribution >= 0.6 is 0 Å². The Morgan fingerprint density at radius 2 is 1.92 bits per heavy atom. The molecule has 1 aliphatic heterocycles. The van der Waals surface area contributed by atoms with Gasteiger partial charge >= 0.3 is 0 Å². The lowest BCUT2D eigenvalue weighted by Crippen LogP contribution is -2.33. The molecule has 5 nitrogen and oxygen atoms in total. The van der Waals surface area contributed by atoms with E-state index in [1.54, 1.807) is 30.3 Å². The van der Waals surface area contributed by atoms with Gasteiger partial charge in [-0.2, -0.15) is 0 Å². The van der Waals surface area contributed by atoms with Gasteiger partial charge < -0.3 is 15.4 Å². The predicted octanol–water partition coefficient (Wildman–Crippen LogP) is 2.79. The van der Waals surface area contributed by atoms with Gasteiger partial charge in [-0.3, -0.25) is 9.59 Å². The topological polar surface area (TPSA) is 67.4 Å². The molecule has 1 unspecified atom stereocenters. The molecule has 0 fully saturated rings. The fourth-order valence-corrected chi connectivity index (χ4v) is 2.78. The molecule has 1 atom stereocenters. The lowest BCUT2D eigenvalue weighted by molar-refractivity contribution is -0.121. The molecule has 25 heavy (non-hydrogen) atoms. The summed E-state index contributed by atoms with van der Waals surface area (Å²) in [5.74, 6) is 0.134. The van der Waals surface area contributed by atoms with Crippen LogP contribution in [0.2, 0.25) is 0 Å². The van der Waals surface area contributed by atoms with E-state index in [2.05, 4.69) is 17.2 Å². The van der Waals surface area contributed by atoms with E-state index in [1.165, 1.54) is 0 Å². The number of rotatable bonds is 5. The second kappa shape index (κ2) is 7.66. The van der Waals surface area contributed by atoms with Crippen molar-refractivity contribution in [2.45, 2.75) is 6.42 Å². The highest BCUT2D eigenvalue weighted by Crippen LogP contribution is 2.27. The number of benzene rings is 2. The van der Waals surface area contributed by atoms with Crippen LogP contribution in [0.25, 0.3) is 0 Å². The van der Waals surface area contributed by atoms with Crippen LogP contribution in [0.4, 0.5) is 5.69 Å². The molecule has 1 aliphatic rings. The molecule has 5 heteroatoms. The molecule has 3 rings (SSSR count). The first-order valence-corrected chi connectivity index (χ1v) is 8.18. The zero-order valence-electron chi connectivity index (χ0n) is 13.8. The fourth-order valence-electron chi connectivity index (χ4n) is 2.78. The standard InChI is InChI=1S/C20H20N2O3/c1-2-11-21-20(24)16-8-4-5-9-17(16)22-19(23)15-12-14-7-3-6-10-18(14)25-13-15/h2-10,15H,1,11-13H2,(H,21,24)(H,22,23). The lowest BCUT2D eigenvalue weighted by Gasteiger charge is -2.24. The van der Waals surface area contributed by atoms with Gasteiger partial charge in [-0.15, -0.1) is 6.58 Å². The summed E-state index contributed by atoms with van der Waals surface area (Å²) in [7, 11) is 0. The van der Waals surface area contributed by atoms with Crippen LogP contribution in [0, 0.1) is 5.92 Å². The molecule has 0 aromatic heterocycles. The summed E-state index contributed by atoms with van der Waals surface area (Å²) in [4.78, 5) is 24.8. The average Bonchev–Trinajstić information content (AvgIpc) is 2.66. The monoisotopic (exact) mass is 336 g/mol. The second-order valence-electron chi connectivity index (χ2n) is 5.85. The zero-order chi connectivity index (χ0) is 17.6. The lowest BCUT2D eigenvalue weighted by atomic mass is 9.96. The van der Waals surface area contributed by atoms with E-state index in [1.807, 2.05) is 24.3 Å². The number of amides is 2. The molecule has 0 saturated heterocycles. The van der Waals surface area contributed by atoms with Crippen molar-refractivity contribution in [2.75, 3.05) is 18.5 Å². The Balaban J connectivity index is 1.72. The highest BCUT2D eigenvalue weighted by atomic mass is 16.5. The smallest absolute Gasteiger partial charge is 0.253 e. The summed E-state index contributed by atoms with van der Waals surface area (Å²) in [6.07, 6.45) is 2.22. The second-order valence-corrected chi connectivity index (χ2v) is 5.85. The van der Waals surface area contributed by atoms with Crippen molar-refractivity contribution < 1.29 is 14.3 Å². The Morgan fingerprint density at radius 3 is 2.76 bits per heavy atom. The minimum Gasteiger partial charge on any atom is -0.492 e. The van der Waals surface area contributed by atoms with Gasteiger partial charge in [0.25, 0.3) is 5.91 Å². The van der Waals surface area contributed by atoms with E-state index in [0.717, 1.165) is 11.3 Å². The van der Waals surface area contributed by atoms with Crippen LogP contribution in [0.5, 0.6) is 5.75 Å². The third-order valence-corrected chi connectivity index (χ3v) is 4.09. The Morgan fingerprint density at radius 1 is 1.16 bits per heavy atom. The Kier molecular flexibility index (Phi) is 5.14. The Bertz CT molecular complexity index is 801. The molecule has 0 bridgehead atoms. The van der Waals surface area contributed by atoms with Gasteiger partial charge in [0.2, 0.25) is 5.91 Å². The summed E-state index contributed by atoms with van der Waals surface area (Å²) < 4.78 is 5.67. The van der Waals surface area contributed by atoms with E-state index in [0.29, 0.717) is 30.8 Å². The van der Waals surface area contributed by atoms with Crippen molar-refractivity contribution in [3.63, 3.8) is 0 Å². The number of anilines is 1. The van der Waals surface area contributed by atoms with Gasteiger partial charge in [0.15, 0.2) is 0 Å². The normalized spacial score (nSPS) is 15.4. The van der Waals surface area contributed by atoms with Crippen molar-refractivity contribution >= 4 is 17.5 Å². The van der Waals surface area contributed by atoms with E-state index >= 15 is 0 Å². The van der Waals surface area contributed by atoms with Crippen molar-refractivity contribution in [3.8, 4) is 5.75 Å². The molecule has 2 amide bonds. The maximum Gasteiger partial charge on any atom is 0.253 e. The largest absolute Gasteiger partial charge is 0.492 e. The molecule has 1 heterocycles. The number of hydrogen-bond donors (Lipinski definition) is 2. The van der Waals surface area contributed by atoms with Gasteiger partial charge in [0.05, 0.1) is 17.2 Å². The molecule has 2 aromatic carbocycles. The first kappa shape index (κ1) is 16.8. The summed E-state index contributed by atoms with van der Waals surface area (Å²) in [6.45, 7) is 4.27. The summed E-state index contributed by atoms with van der Waals surface area (Å²) >= 11 is 0. The Hall–Kier alpha value is -3.08. The number of hydrogen-bond acceptors (Lipinski definition) is 3. The summed E-state index contributed by atoms with van der Waals surface area (Å²) in [5.41, 5.74) is 1.94. The van der Waals surface area contributed by atoms with Gasteiger partial charge in [-0.05, 0) is 30.2 Å².